The Hall–Kier alpha value is -2.04. The van der Waals surface area contributed by atoms with Gasteiger partial charge in [0.25, 0.3) is 0 Å². The molecule has 1 aromatic rings. The van der Waals surface area contributed by atoms with E-state index in [4.69, 9.17) is 0 Å². The molecule has 1 N–H and O–H groups in total. The molecule has 1 aliphatic heterocycles. The van der Waals surface area contributed by atoms with E-state index in [9.17, 15) is 14.7 Å². The summed E-state index contributed by atoms with van der Waals surface area (Å²) in [6.45, 7) is 4.25. The van der Waals surface area contributed by atoms with Gasteiger partial charge < -0.3 is 14.9 Å². The molecule has 1 saturated heterocycles. The van der Waals surface area contributed by atoms with Crippen LogP contribution in [0.1, 0.15) is 11.1 Å². The van der Waals surface area contributed by atoms with Crippen LogP contribution in [0.25, 0.3) is 0 Å². The Morgan fingerprint density at radius 1 is 1.37 bits per heavy atom. The summed E-state index contributed by atoms with van der Waals surface area (Å²) in [5.74, 6) is -0.960. The molecule has 0 bridgehead atoms. The zero-order valence-electron chi connectivity index (χ0n) is 11.4. The molecule has 0 radical (unpaired) electrons. The van der Waals surface area contributed by atoms with E-state index in [1.54, 1.807) is 11.9 Å². The Morgan fingerprint density at radius 2 is 2.05 bits per heavy atom. The Bertz CT molecular complexity index is 527. The van der Waals surface area contributed by atoms with Crippen LogP contribution in [0.3, 0.4) is 0 Å². The first kappa shape index (κ1) is 13.4. The van der Waals surface area contributed by atoms with Crippen molar-refractivity contribution in [1.29, 1.82) is 0 Å². The molecular weight excluding hydrogens is 244 g/mol. The summed E-state index contributed by atoms with van der Waals surface area (Å²) in [6.07, 6.45) is 0. The summed E-state index contributed by atoms with van der Waals surface area (Å²) in [4.78, 5) is 26.4. The van der Waals surface area contributed by atoms with Crippen LogP contribution in [0, 0.1) is 13.8 Å². The van der Waals surface area contributed by atoms with Crippen LogP contribution in [-0.2, 0) is 9.59 Å². The van der Waals surface area contributed by atoms with Gasteiger partial charge in [-0.3, -0.25) is 4.79 Å². The fourth-order valence-electron chi connectivity index (χ4n) is 2.35. The van der Waals surface area contributed by atoms with Gasteiger partial charge in [-0.15, -0.1) is 0 Å². The van der Waals surface area contributed by atoms with Crippen LogP contribution in [0.5, 0.6) is 0 Å². The van der Waals surface area contributed by atoms with Gasteiger partial charge >= 0.3 is 5.97 Å². The van der Waals surface area contributed by atoms with Crippen LogP contribution in [-0.4, -0.2) is 48.1 Å². The highest BCUT2D eigenvalue weighted by atomic mass is 16.4. The number of carbonyl (C=O) groups is 2. The lowest BCUT2D eigenvalue weighted by molar-refractivity contribution is -0.141. The number of amides is 1. The van der Waals surface area contributed by atoms with Crippen molar-refractivity contribution in [3.8, 4) is 0 Å². The summed E-state index contributed by atoms with van der Waals surface area (Å²) in [5, 5.41) is 9.35. The van der Waals surface area contributed by atoms with Crippen molar-refractivity contribution in [3.05, 3.63) is 29.3 Å². The lowest BCUT2D eigenvalue weighted by atomic mass is 10.0. The van der Waals surface area contributed by atoms with Gasteiger partial charge in [-0.1, -0.05) is 12.1 Å². The van der Waals surface area contributed by atoms with Crippen molar-refractivity contribution in [2.24, 2.45) is 0 Å². The van der Waals surface area contributed by atoms with E-state index in [2.05, 4.69) is 0 Å². The van der Waals surface area contributed by atoms with Crippen LogP contribution in [0.15, 0.2) is 18.2 Å². The first-order chi connectivity index (χ1) is 8.91. The fraction of sp³-hybridized carbons (Fsp3) is 0.429. The molecule has 1 heterocycles. The van der Waals surface area contributed by atoms with Crippen molar-refractivity contribution in [1.82, 2.24) is 4.90 Å². The van der Waals surface area contributed by atoms with Crippen molar-refractivity contribution < 1.29 is 14.7 Å². The third-order valence-electron chi connectivity index (χ3n) is 3.72. The topological polar surface area (TPSA) is 60.9 Å². The minimum Gasteiger partial charge on any atom is -0.480 e. The average molecular weight is 262 g/mol. The Morgan fingerprint density at radius 3 is 2.68 bits per heavy atom. The number of benzene rings is 1. The van der Waals surface area contributed by atoms with Gasteiger partial charge in [0, 0.05) is 12.7 Å². The van der Waals surface area contributed by atoms with Crippen molar-refractivity contribution >= 4 is 17.6 Å². The second-order valence-corrected chi connectivity index (χ2v) is 4.98. The summed E-state index contributed by atoms with van der Waals surface area (Å²) < 4.78 is 0. The number of hydrogen-bond donors (Lipinski definition) is 1. The SMILES string of the molecule is Cc1cccc(N2CC(=O)N(C)CC2C(=O)O)c1C. The third kappa shape index (κ3) is 2.41. The summed E-state index contributed by atoms with van der Waals surface area (Å²) >= 11 is 0. The van der Waals surface area contributed by atoms with E-state index in [0.717, 1.165) is 16.8 Å². The molecular formula is C14H18N2O3. The number of carbonyl (C=O) groups excluding carboxylic acids is 1. The van der Waals surface area contributed by atoms with Gasteiger partial charge in [0.1, 0.15) is 6.04 Å². The Balaban J connectivity index is 2.42. The highest BCUT2D eigenvalue weighted by Crippen LogP contribution is 2.26. The molecule has 0 saturated carbocycles. The van der Waals surface area contributed by atoms with Crippen molar-refractivity contribution in [2.45, 2.75) is 19.9 Å². The summed E-state index contributed by atoms with van der Waals surface area (Å²) in [6, 6.07) is 5.05. The molecule has 5 nitrogen and oxygen atoms in total. The van der Waals surface area contributed by atoms with Crippen LogP contribution < -0.4 is 4.90 Å². The molecule has 5 heteroatoms. The number of piperazine rings is 1. The molecule has 1 atom stereocenters. The quantitative estimate of drug-likeness (QED) is 0.865. The van der Waals surface area contributed by atoms with Crippen LogP contribution >= 0.6 is 0 Å². The second kappa shape index (κ2) is 4.91. The number of hydrogen-bond acceptors (Lipinski definition) is 3. The number of aryl methyl sites for hydroxylation is 1. The van der Waals surface area contributed by atoms with Gasteiger partial charge in [0.15, 0.2) is 0 Å². The molecule has 1 fully saturated rings. The standard InChI is InChI=1S/C14H18N2O3/c1-9-5-4-6-11(10(9)2)16-8-13(17)15(3)7-12(16)14(18)19/h4-6,12H,7-8H2,1-3H3,(H,18,19). The van der Waals surface area contributed by atoms with E-state index >= 15 is 0 Å². The minimum absolute atomic E-state index is 0.0570. The summed E-state index contributed by atoms with van der Waals surface area (Å²) in [5.41, 5.74) is 2.94. The molecule has 2 rings (SSSR count). The van der Waals surface area contributed by atoms with E-state index < -0.39 is 12.0 Å². The van der Waals surface area contributed by atoms with E-state index in [1.165, 1.54) is 4.90 Å². The number of likely N-dealkylation sites (N-methyl/N-ethyl adjacent to an activating group) is 1. The number of aliphatic carboxylic acids is 1. The molecule has 0 spiro atoms. The monoisotopic (exact) mass is 262 g/mol. The first-order valence-electron chi connectivity index (χ1n) is 6.21. The van der Waals surface area contributed by atoms with Gasteiger partial charge in [0.05, 0.1) is 13.1 Å². The molecule has 19 heavy (non-hydrogen) atoms. The predicted octanol–water partition coefficient (Wildman–Crippen LogP) is 1.04. The minimum atomic E-state index is -0.903. The molecule has 1 amide bonds. The van der Waals surface area contributed by atoms with Crippen molar-refractivity contribution in [2.75, 3.05) is 25.0 Å². The smallest absolute Gasteiger partial charge is 0.328 e. The van der Waals surface area contributed by atoms with Crippen LogP contribution in [0.2, 0.25) is 0 Å². The Labute approximate surface area is 112 Å². The maximum atomic E-state index is 11.8. The maximum absolute atomic E-state index is 11.8. The number of carboxylic acid groups (broad SMARTS) is 1. The van der Waals surface area contributed by atoms with E-state index in [0.29, 0.717) is 0 Å². The van der Waals surface area contributed by atoms with Crippen LogP contribution in [0.4, 0.5) is 5.69 Å². The largest absolute Gasteiger partial charge is 0.480 e. The number of rotatable bonds is 2. The number of carboxylic acids is 1. The summed E-state index contributed by atoms with van der Waals surface area (Å²) in [7, 11) is 1.64. The fourth-order valence-corrected chi connectivity index (χ4v) is 2.35. The molecule has 1 aliphatic rings. The highest BCUT2D eigenvalue weighted by molar-refractivity contribution is 5.89. The van der Waals surface area contributed by atoms with E-state index in [1.807, 2.05) is 32.0 Å². The second-order valence-electron chi connectivity index (χ2n) is 4.98. The predicted molar refractivity (Wildman–Crippen MR) is 72.3 cm³/mol. The number of nitrogens with zero attached hydrogens (tertiary/aromatic N) is 2. The zero-order chi connectivity index (χ0) is 14.2. The third-order valence-corrected chi connectivity index (χ3v) is 3.72. The van der Waals surface area contributed by atoms with Gasteiger partial charge in [0.2, 0.25) is 5.91 Å². The first-order valence-corrected chi connectivity index (χ1v) is 6.21. The van der Waals surface area contributed by atoms with E-state index in [-0.39, 0.29) is 19.0 Å². The van der Waals surface area contributed by atoms with Gasteiger partial charge in [-0.2, -0.15) is 0 Å². The molecule has 0 aliphatic carbocycles. The van der Waals surface area contributed by atoms with Gasteiger partial charge in [-0.05, 0) is 31.0 Å². The molecule has 0 aromatic heterocycles. The highest BCUT2D eigenvalue weighted by Gasteiger charge is 2.35. The lowest BCUT2D eigenvalue weighted by Gasteiger charge is -2.39. The van der Waals surface area contributed by atoms with Crippen molar-refractivity contribution in [3.63, 3.8) is 0 Å². The molecule has 1 aromatic carbocycles. The zero-order valence-corrected chi connectivity index (χ0v) is 11.4. The molecule has 1 unspecified atom stereocenters. The Kier molecular flexibility index (Phi) is 3.46. The maximum Gasteiger partial charge on any atom is 0.328 e. The average Bonchev–Trinajstić information content (AvgIpc) is 2.35. The lowest BCUT2D eigenvalue weighted by Crippen LogP contribution is -2.58. The number of anilines is 1. The molecule has 102 valence electrons. The van der Waals surface area contributed by atoms with Gasteiger partial charge in [-0.25, -0.2) is 4.79 Å². The normalized spacial score (nSPS) is 19.7.